The molecule has 1 amide bonds. The van der Waals surface area contributed by atoms with Crippen molar-refractivity contribution in [2.45, 2.75) is 45.6 Å². The highest BCUT2D eigenvalue weighted by Crippen LogP contribution is 2.19. The number of pyridine rings is 1. The molecule has 0 saturated carbocycles. The molecule has 2 aromatic heterocycles. The highest BCUT2D eigenvalue weighted by Gasteiger charge is 2.18. The summed E-state index contributed by atoms with van der Waals surface area (Å²) in [5.74, 6) is 0.101. The first-order chi connectivity index (χ1) is 10.2. The van der Waals surface area contributed by atoms with Gasteiger partial charge >= 0.3 is 0 Å². The summed E-state index contributed by atoms with van der Waals surface area (Å²) in [5.41, 5.74) is 1.52. The fourth-order valence-corrected chi connectivity index (χ4v) is 2.89. The second-order valence-electron chi connectivity index (χ2n) is 6.03. The lowest BCUT2D eigenvalue weighted by atomic mass is 10.2. The average molecular weight is 286 g/mol. The zero-order chi connectivity index (χ0) is 14.8. The van der Waals surface area contributed by atoms with Crippen molar-refractivity contribution >= 4 is 16.9 Å². The van der Waals surface area contributed by atoms with Gasteiger partial charge in [-0.25, -0.2) is 9.67 Å². The van der Waals surface area contributed by atoms with Crippen LogP contribution in [-0.2, 0) is 0 Å². The van der Waals surface area contributed by atoms with Crippen LogP contribution in [0.5, 0.6) is 0 Å². The van der Waals surface area contributed by atoms with E-state index in [-0.39, 0.29) is 11.9 Å². The van der Waals surface area contributed by atoms with Crippen molar-refractivity contribution in [3.63, 3.8) is 0 Å². The Morgan fingerprint density at radius 1 is 1.14 bits per heavy atom. The second kappa shape index (κ2) is 5.84. The molecule has 0 bridgehead atoms. The molecule has 0 N–H and O–H groups in total. The van der Waals surface area contributed by atoms with Gasteiger partial charge in [-0.15, -0.1) is 0 Å². The van der Waals surface area contributed by atoms with E-state index in [1.165, 1.54) is 12.8 Å². The summed E-state index contributed by atoms with van der Waals surface area (Å²) >= 11 is 0. The van der Waals surface area contributed by atoms with E-state index in [1.54, 1.807) is 12.4 Å². The first-order valence-corrected chi connectivity index (χ1v) is 7.79. The summed E-state index contributed by atoms with van der Waals surface area (Å²) in [4.78, 5) is 19.0. The SMILES string of the molecule is CC(C)n1ncc2cc(C(=O)N3CCCCCC3)cnc21. The molecule has 3 heterocycles. The van der Waals surface area contributed by atoms with Crippen LogP contribution in [-0.4, -0.2) is 38.7 Å². The number of amides is 1. The third-order valence-electron chi connectivity index (χ3n) is 4.06. The van der Waals surface area contributed by atoms with Crippen LogP contribution in [0.1, 0.15) is 55.9 Å². The smallest absolute Gasteiger partial charge is 0.255 e. The number of hydrogen-bond acceptors (Lipinski definition) is 3. The number of nitrogens with zero attached hydrogens (tertiary/aromatic N) is 4. The lowest BCUT2D eigenvalue weighted by molar-refractivity contribution is 0.0761. The number of likely N-dealkylation sites (tertiary alicyclic amines) is 1. The first-order valence-electron chi connectivity index (χ1n) is 7.79. The van der Waals surface area contributed by atoms with Crippen LogP contribution in [0.15, 0.2) is 18.5 Å². The fraction of sp³-hybridized carbons (Fsp3) is 0.562. The molecule has 5 heteroatoms. The summed E-state index contributed by atoms with van der Waals surface area (Å²) in [6, 6.07) is 2.18. The molecule has 0 atom stereocenters. The summed E-state index contributed by atoms with van der Waals surface area (Å²) in [5, 5.41) is 5.29. The lowest BCUT2D eigenvalue weighted by Gasteiger charge is -2.20. The van der Waals surface area contributed by atoms with Gasteiger partial charge in [0.25, 0.3) is 5.91 Å². The standard InChI is InChI=1S/C16H22N4O/c1-12(2)20-15-13(11-18-20)9-14(10-17-15)16(21)19-7-5-3-4-6-8-19/h9-12H,3-8H2,1-2H3. The molecule has 2 aromatic rings. The molecule has 21 heavy (non-hydrogen) atoms. The van der Waals surface area contributed by atoms with Gasteiger partial charge in [0.15, 0.2) is 5.65 Å². The predicted octanol–water partition coefficient (Wildman–Crippen LogP) is 3.03. The zero-order valence-electron chi connectivity index (χ0n) is 12.7. The third kappa shape index (κ3) is 2.77. The van der Waals surface area contributed by atoms with Gasteiger partial charge in [-0.1, -0.05) is 12.8 Å². The molecular formula is C16H22N4O. The van der Waals surface area contributed by atoms with Gasteiger partial charge < -0.3 is 4.90 Å². The molecule has 3 rings (SSSR count). The van der Waals surface area contributed by atoms with Gasteiger partial charge in [-0.05, 0) is 32.8 Å². The molecule has 1 fully saturated rings. The van der Waals surface area contributed by atoms with Crippen LogP contribution in [0.25, 0.3) is 11.0 Å². The maximum absolute atomic E-state index is 12.6. The van der Waals surface area contributed by atoms with Crippen molar-refractivity contribution in [1.29, 1.82) is 0 Å². The molecule has 1 aliphatic heterocycles. The van der Waals surface area contributed by atoms with Crippen molar-refractivity contribution in [3.05, 3.63) is 24.0 Å². The molecule has 0 spiro atoms. The van der Waals surface area contributed by atoms with Gasteiger partial charge in [0.2, 0.25) is 0 Å². The molecule has 1 aliphatic rings. The predicted molar refractivity (Wildman–Crippen MR) is 82.3 cm³/mol. The van der Waals surface area contributed by atoms with Crippen LogP contribution < -0.4 is 0 Å². The van der Waals surface area contributed by atoms with Gasteiger partial charge in [0, 0.05) is 30.7 Å². The van der Waals surface area contributed by atoms with E-state index >= 15 is 0 Å². The van der Waals surface area contributed by atoms with E-state index in [2.05, 4.69) is 23.9 Å². The normalized spacial score (nSPS) is 16.4. The average Bonchev–Trinajstić information content (AvgIpc) is 2.72. The van der Waals surface area contributed by atoms with Crippen molar-refractivity contribution in [1.82, 2.24) is 19.7 Å². The third-order valence-corrected chi connectivity index (χ3v) is 4.06. The maximum Gasteiger partial charge on any atom is 0.255 e. The van der Waals surface area contributed by atoms with Gasteiger partial charge in [-0.3, -0.25) is 4.79 Å². The Morgan fingerprint density at radius 2 is 1.86 bits per heavy atom. The maximum atomic E-state index is 12.6. The van der Waals surface area contributed by atoms with Crippen LogP contribution >= 0.6 is 0 Å². The van der Waals surface area contributed by atoms with Crippen LogP contribution in [0, 0.1) is 0 Å². The molecule has 5 nitrogen and oxygen atoms in total. The van der Waals surface area contributed by atoms with Crippen LogP contribution in [0.3, 0.4) is 0 Å². The first kappa shape index (κ1) is 14.0. The van der Waals surface area contributed by atoms with Gasteiger partial charge in [-0.2, -0.15) is 5.10 Å². The number of aromatic nitrogens is 3. The minimum Gasteiger partial charge on any atom is -0.339 e. The van der Waals surface area contributed by atoms with Gasteiger partial charge in [0.05, 0.1) is 11.8 Å². The topological polar surface area (TPSA) is 51.0 Å². The number of rotatable bonds is 2. The minimum absolute atomic E-state index is 0.101. The van der Waals surface area contributed by atoms with Crippen molar-refractivity contribution < 1.29 is 4.79 Å². The largest absolute Gasteiger partial charge is 0.339 e. The van der Waals surface area contributed by atoms with E-state index in [9.17, 15) is 4.79 Å². The molecule has 112 valence electrons. The molecule has 0 unspecified atom stereocenters. The van der Waals surface area contributed by atoms with Crippen LogP contribution in [0.4, 0.5) is 0 Å². The molecule has 0 aliphatic carbocycles. The van der Waals surface area contributed by atoms with Crippen molar-refractivity contribution in [2.75, 3.05) is 13.1 Å². The minimum atomic E-state index is 0.101. The molecular weight excluding hydrogens is 264 g/mol. The van der Waals surface area contributed by atoms with Crippen molar-refractivity contribution in [3.8, 4) is 0 Å². The monoisotopic (exact) mass is 286 g/mol. The Kier molecular flexibility index (Phi) is 3.90. The second-order valence-corrected chi connectivity index (χ2v) is 6.03. The molecule has 0 radical (unpaired) electrons. The van der Waals surface area contributed by atoms with Crippen LogP contribution in [0.2, 0.25) is 0 Å². The Hall–Kier alpha value is -1.91. The summed E-state index contributed by atoms with van der Waals surface area (Å²) in [6.45, 7) is 5.87. The number of fused-ring (bicyclic) bond motifs is 1. The Bertz CT molecular complexity index is 639. The van der Waals surface area contributed by atoms with Crippen molar-refractivity contribution in [2.24, 2.45) is 0 Å². The lowest BCUT2D eigenvalue weighted by Crippen LogP contribution is -2.31. The quantitative estimate of drug-likeness (QED) is 0.852. The number of carbonyl (C=O) groups is 1. The zero-order valence-corrected chi connectivity index (χ0v) is 12.7. The highest BCUT2D eigenvalue weighted by molar-refractivity contribution is 5.96. The van der Waals surface area contributed by atoms with Gasteiger partial charge in [0.1, 0.15) is 0 Å². The van der Waals surface area contributed by atoms with E-state index < -0.39 is 0 Å². The summed E-state index contributed by atoms with van der Waals surface area (Å²) in [6.07, 6.45) is 8.14. The fourth-order valence-electron chi connectivity index (χ4n) is 2.89. The Labute approximate surface area is 125 Å². The van der Waals surface area contributed by atoms with E-state index in [1.807, 2.05) is 15.6 Å². The number of carbonyl (C=O) groups excluding carboxylic acids is 1. The Morgan fingerprint density at radius 3 is 2.52 bits per heavy atom. The number of hydrogen-bond donors (Lipinski definition) is 0. The Balaban J connectivity index is 1.88. The summed E-state index contributed by atoms with van der Waals surface area (Å²) in [7, 11) is 0. The summed E-state index contributed by atoms with van der Waals surface area (Å²) < 4.78 is 1.88. The molecule has 1 saturated heterocycles. The van der Waals surface area contributed by atoms with E-state index in [0.717, 1.165) is 37.0 Å². The van der Waals surface area contributed by atoms with E-state index in [4.69, 9.17) is 0 Å². The highest BCUT2D eigenvalue weighted by atomic mass is 16.2. The van der Waals surface area contributed by atoms with E-state index in [0.29, 0.717) is 5.56 Å². The molecule has 0 aromatic carbocycles.